The lowest BCUT2D eigenvalue weighted by Crippen LogP contribution is -2.66. The summed E-state index contributed by atoms with van der Waals surface area (Å²) in [6.07, 6.45) is 48.0. The Morgan fingerprint density at radius 1 is 0.350 bits per heavy atom. The van der Waals surface area contributed by atoms with Crippen molar-refractivity contribution in [2.24, 2.45) is 0 Å². The molecular formula is C81H155NO18. The Labute approximate surface area is 607 Å². The fourth-order valence-corrected chi connectivity index (χ4v) is 14.6. The third kappa shape index (κ3) is 42.2. The molecule has 3 aliphatic rings. The number of allylic oxidation sites excluding steroid dienone is 1. The number of unbranched alkanes of at least 4 members (excludes halogenated alkanes) is 52. The monoisotopic (exact) mass is 1430 g/mol. The summed E-state index contributed by atoms with van der Waals surface area (Å²) < 4.78 is 34.5. The summed E-state index contributed by atoms with van der Waals surface area (Å²) in [4.78, 5) is 13.5. The van der Waals surface area contributed by atoms with Crippen LogP contribution in [0.4, 0.5) is 0 Å². The Bertz CT molecular complexity index is 1850. The van der Waals surface area contributed by atoms with E-state index < -0.39 is 124 Å². The second-order valence-electron chi connectivity index (χ2n) is 30.3. The Hall–Kier alpha value is -1.47. The van der Waals surface area contributed by atoms with Crippen LogP contribution < -0.4 is 5.32 Å². The van der Waals surface area contributed by atoms with E-state index in [1.54, 1.807) is 6.08 Å². The van der Waals surface area contributed by atoms with Crippen LogP contribution in [0, 0.1) is 0 Å². The lowest BCUT2D eigenvalue weighted by Gasteiger charge is -2.48. The lowest BCUT2D eigenvalue weighted by atomic mass is 9.96. The zero-order valence-electron chi connectivity index (χ0n) is 63.5. The van der Waals surface area contributed by atoms with Gasteiger partial charge in [0, 0.05) is 6.42 Å². The van der Waals surface area contributed by atoms with Gasteiger partial charge in [0.15, 0.2) is 18.9 Å². The highest BCUT2D eigenvalue weighted by atomic mass is 16.8. The summed E-state index contributed by atoms with van der Waals surface area (Å²) in [5, 5.41) is 121. The molecule has 17 unspecified atom stereocenters. The molecule has 0 aromatic heterocycles. The third-order valence-electron chi connectivity index (χ3n) is 21.3. The Morgan fingerprint density at radius 2 is 0.620 bits per heavy atom. The zero-order chi connectivity index (χ0) is 72.5. The van der Waals surface area contributed by atoms with Gasteiger partial charge in [-0.3, -0.25) is 4.79 Å². The largest absolute Gasteiger partial charge is 0.394 e. The summed E-state index contributed by atoms with van der Waals surface area (Å²) >= 11 is 0. The van der Waals surface area contributed by atoms with E-state index in [-0.39, 0.29) is 18.9 Å². The first kappa shape index (κ1) is 92.7. The summed E-state index contributed by atoms with van der Waals surface area (Å²) in [7, 11) is 0. The predicted molar refractivity (Wildman–Crippen MR) is 397 cm³/mol. The first-order chi connectivity index (χ1) is 48.8. The molecule has 3 rings (SSSR count). The fourth-order valence-electron chi connectivity index (χ4n) is 14.6. The van der Waals surface area contributed by atoms with Gasteiger partial charge in [0.25, 0.3) is 0 Å². The van der Waals surface area contributed by atoms with Gasteiger partial charge >= 0.3 is 0 Å². The maximum Gasteiger partial charge on any atom is 0.220 e. The fraction of sp³-hybridized carbons (Fsp3) is 0.963. The molecule has 0 spiro atoms. The van der Waals surface area contributed by atoms with Crippen molar-refractivity contribution in [3.63, 3.8) is 0 Å². The number of ether oxygens (including phenoxy) is 6. The summed E-state index contributed by atoms with van der Waals surface area (Å²) in [6.45, 7) is 1.80. The summed E-state index contributed by atoms with van der Waals surface area (Å²) in [5.41, 5.74) is 0. The molecule has 0 saturated carbocycles. The molecular weight excluding hydrogens is 1270 g/mol. The molecule has 0 radical (unpaired) electrons. The Kier molecular flexibility index (Phi) is 58.0. The average molecular weight is 1430 g/mol. The molecule has 592 valence electrons. The van der Waals surface area contributed by atoms with Crippen molar-refractivity contribution in [3.8, 4) is 0 Å². The Balaban J connectivity index is 1.31. The summed E-state index contributed by atoms with van der Waals surface area (Å²) in [5.74, 6) is -0.266. The smallest absolute Gasteiger partial charge is 0.220 e. The molecule has 0 bridgehead atoms. The van der Waals surface area contributed by atoms with E-state index in [0.29, 0.717) is 6.42 Å². The van der Waals surface area contributed by atoms with E-state index in [2.05, 4.69) is 19.2 Å². The third-order valence-corrected chi connectivity index (χ3v) is 21.3. The van der Waals surface area contributed by atoms with Crippen molar-refractivity contribution in [1.29, 1.82) is 0 Å². The lowest BCUT2D eigenvalue weighted by molar-refractivity contribution is -0.379. The van der Waals surface area contributed by atoms with Gasteiger partial charge in [0.1, 0.15) is 73.2 Å². The minimum atomic E-state index is -1.98. The first-order valence-electron chi connectivity index (χ1n) is 41.9. The van der Waals surface area contributed by atoms with Crippen LogP contribution in [0.2, 0.25) is 0 Å². The van der Waals surface area contributed by atoms with Crippen molar-refractivity contribution in [1.82, 2.24) is 5.32 Å². The van der Waals surface area contributed by atoms with E-state index in [1.807, 2.05) is 6.08 Å². The van der Waals surface area contributed by atoms with Crippen LogP contribution in [0.3, 0.4) is 0 Å². The number of carbonyl (C=O) groups is 1. The highest BCUT2D eigenvalue weighted by Gasteiger charge is 2.54. The van der Waals surface area contributed by atoms with Gasteiger partial charge in [-0.1, -0.05) is 353 Å². The Morgan fingerprint density at radius 3 is 0.940 bits per heavy atom. The van der Waals surface area contributed by atoms with Crippen molar-refractivity contribution in [3.05, 3.63) is 12.2 Å². The van der Waals surface area contributed by atoms with Crippen LogP contribution in [-0.4, -0.2) is 193 Å². The minimum absolute atomic E-state index is 0.250. The van der Waals surface area contributed by atoms with Crippen molar-refractivity contribution >= 4 is 5.91 Å². The number of amides is 1. The van der Waals surface area contributed by atoms with Gasteiger partial charge in [0.2, 0.25) is 5.91 Å². The summed E-state index contributed by atoms with van der Waals surface area (Å²) in [6, 6.07) is -0.970. The van der Waals surface area contributed by atoms with Crippen LogP contribution >= 0.6 is 0 Å². The van der Waals surface area contributed by atoms with Crippen LogP contribution in [0.1, 0.15) is 367 Å². The number of nitrogens with one attached hydrogen (secondary N) is 1. The average Bonchev–Trinajstić information content (AvgIpc) is 0.783. The molecule has 17 atom stereocenters. The molecule has 19 nitrogen and oxygen atoms in total. The van der Waals surface area contributed by atoms with Crippen LogP contribution in [-0.2, 0) is 33.2 Å². The maximum absolute atomic E-state index is 13.5. The number of aliphatic hydroxyl groups is 11. The number of hydrogen-bond acceptors (Lipinski definition) is 18. The second-order valence-corrected chi connectivity index (χ2v) is 30.3. The molecule has 19 heteroatoms. The minimum Gasteiger partial charge on any atom is -0.394 e. The van der Waals surface area contributed by atoms with E-state index in [1.165, 1.54) is 295 Å². The van der Waals surface area contributed by atoms with Gasteiger partial charge in [0.05, 0.1) is 38.6 Å². The topological polar surface area (TPSA) is 307 Å². The van der Waals surface area contributed by atoms with Gasteiger partial charge in [-0.05, 0) is 19.3 Å². The normalized spacial score (nSPS) is 26.4. The van der Waals surface area contributed by atoms with Gasteiger partial charge in [-0.25, -0.2) is 0 Å². The number of aliphatic hydroxyl groups excluding tert-OH is 11. The molecule has 100 heavy (non-hydrogen) atoms. The second kappa shape index (κ2) is 62.6. The molecule has 3 saturated heterocycles. The van der Waals surface area contributed by atoms with Crippen LogP contribution in [0.5, 0.6) is 0 Å². The van der Waals surface area contributed by atoms with Crippen LogP contribution in [0.25, 0.3) is 0 Å². The first-order valence-corrected chi connectivity index (χ1v) is 41.9. The van der Waals surface area contributed by atoms with Gasteiger partial charge in [-0.15, -0.1) is 0 Å². The van der Waals surface area contributed by atoms with Crippen LogP contribution in [0.15, 0.2) is 12.2 Å². The van der Waals surface area contributed by atoms with E-state index in [4.69, 9.17) is 28.4 Å². The zero-order valence-corrected chi connectivity index (χ0v) is 63.5. The molecule has 0 aliphatic carbocycles. The van der Waals surface area contributed by atoms with E-state index in [9.17, 15) is 61.0 Å². The highest BCUT2D eigenvalue weighted by molar-refractivity contribution is 5.76. The number of rotatable bonds is 68. The van der Waals surface area contributed by atoms with E-state index >= 15 is 0 Å². The molecule has 3 heterocycles. The van der Waals surface area contributed by atoms with Crippen molar-refractivity contribution in [2.75, 3.05) is 26.4 Å². The molecule has 0 aromatic rings. The molecule has 12 N–H and O–H groups in total. The molecule has 3 aliphatic heterocycles. The van der Waals surface area contributed by atoms with Crippen molar-refractivity contribution in [2.45, 2.75) is 471 Å². The number of hydrogen-bond donors (Lipinski definition) is 12. The molecule has 1 amide bonds. The SMILES string of the molecule is CCCCCCCCCCCCCCCCCC/C=C/C(O)C(COC1OC(CO)C(OC2OC(CO)C(OC3OC(CO)C(O)C(O)C3O)C(O)C2O)C(O)C1O)NC(=O)CCCCCCCCCCCCCCCCCCCCCCCCCCCCCCCCCCCCCCC. The predicted octanol–water partition coefficient (Wildman–Crippen LogP) is 14.3. The quantitative estimate of drug-likeness (QED) is 0.0199. The van der Waals surface area contributed by atoms with Gasteiger partial charge in [-0.2, -0.15) is 0 Å². The van der Waals surface area contributed by atoms with Crippen molar-refractivity contribution < 1.29 is 89.4 Å². The van der Waals surface area contributed by atoms with E-state index in [0.717, 1.165) is 44.9 Å². The molecule has 3 fully saturated rings. The number of carbonyl (C=O) groups excluding carboxylic acids is 1. The van der Waals surface area contributed by atoms with Gasteiger partial charge < -0.3 is 89.9 Å². The maximum atomic E-state index is 13.5. The highest BCUT2D eigenvalue weighted by Crippen LogP contribution is 2.33. The standard InChI is InChI=1S/C81H155NO18/c1-3-5-7-9-11-13-15-17-19-21-23-24-25-26-27-28-29-30-31-32-33-34-35-36-37-38-39-40-41-43-45-47-49-51-53-55-57-59-69(87)82-64(65(86)58-56-54-52-50-48-46-44-42-22-20-18-16-14-12-10-8-6-4-2)63-95-79-75(93)72(90)77(67(61-84)97-79)100-81-76(94)73(91)78(68(62-85)98-81)99-80-74(92)71(89)70(88)66(60-83)96-80/h56,58,64-68,70-81,83-86,88-94H,3-55,57,59-63H2,1-2H3,(H,82,87)/b58-56+. The molecule has 0 aromatic carbocycles.